The lowest BCUT2D eigenvalue weighted by atomic mass is 9.87. The van der Waals surface area contributed by atoms with E-state index in [1.807, 2.05) is 19.1 Å². The first-order valence-corrected chi connectivity index (χ1v) is 7.97. The SMILES string of the molecule is Cc1ccc(O)c(CN2CC[C@H](c3ccc(F)cc3)[C@@H](O)C2)c1. The molecule has 23 heavy (non-hydrogen) atoms. The number of aryl methyl sites for hydroxylation is 1. The highest BCUT2D eigenvalue weighted by Crippen LogP contribution is 2.30. The van der Waals surface area contributed by atoms with Crippen LogP contribution in [0.25, 0.3) is 0 Å². The topological polar surface area (TPSA) is 43.7 Å². The summed E-state index contributed by atoms with van der Waals surface area (Å²) in [6.45, 7) is 4.02. The maximum atomic E-state index is 13.0. The van der Waals surface area contributed by atoms with Crippen LogP contribution in [0.15, 0.2) is 42.5 Å². The number of halogens is 1. The summed E-state index contributed by atoms with van der Waals surface area (Å²) in [6, 6.07) is 12.0. The van der Waals surface area contributed by atoms with Gasteiger partial charge in [0.1, 0.15) is 11.6 Å². The highest BCUT2D eigenvalue weighted by atomic mass is 19.1. The van der Waals surface area contributed by atoms with E-state index in [4.69, 9.17) is 0 Å². The second-order valence-electron chi connectivity index (χ2n) is 6.38. The van der Waals surface area contributed by atoms with E-state index in [-0.39, 0.29) is 11.7 Å². The van der Waals surface area contributed by atoms with Gasteiger partial charge in [0.25, 0.3) is 0 Å². The average Bonchev–Trinajstić information content (AvgIpc) is 2.52. The van der Waals surface area contributed by atoms with Gasteiger partial charge in [0, 0.05) is 24.6 Å². The van der Waals surface area contributed by atoms with Gasteiger partial charge in [-0.2, -0.15) is 0 Å². The minimum absolute atomic E-state index is 0.0398. The summed E-state index contributed by atoms with van der Waals surface area (Å²) in [6.07, 6.45) is 0.334. The van der Waals surface area contributed by atoms with Gasteiger partial charge in [0.2, 0.25) is 0 Å². The Balaban J connectivity index is 1.66. The number of aliphatic hydroxyl groups excluding tert-OH is 1. The molecule has 0 unspecified atom stereocenters. The molecule has 1 fully saturated rings. The first-order valence-electron chi connectivity index (χ1n) is 7.97. The third-order valence-electron chi connectivity index (χ3n) is 4.59. The monoisotopic (exact) mass is 315 g/mol. The van der Waals surface area contributed by atoms with Crippen molar-refractivity contribution in [1.82, 2.24) is 4.90 Å². The van der Waals surface area contributed by atoms with Gasteiger partial charge in [-0.3, -0.25) is 4.90 Å². The molecule has 0 saturated carbocycles. The van der Waals surface area contributed by atoms with Crippen molar-refractivity contribution < 1.29 is 14.6 Å². The van der Waals surface area contributed by atoms with Crippen molar-refractivity contribution >= 4 is 0 Å². The van der Waals surface area contributed by atoms with Gasteiger partial charge in [0.15, 0.2) is 0 Å². The molecule has 0 bridgehead atoms. The molecular formula is C19H22FNO2. The summed E-state index contributed by atoms with van der Waals surface area (Å²) in [5.41, 5.74) is 2.98. The van der Waals surface area contributed by atoms with Crippen molar-refractivity contribution in [2.24, 2.45) is 0 Å². The Hall–Kier alpha value is -1.91. The Morgan fingerprint density at radius 3 is 2.61 bits per heavy atom. The maximum absolute atomic E-state index is 13.0. The van der Waals surface area contributed by atoms with Gasteiger partial charge in [0.05, 0.1) is 6.10 Å². The van der Waals surface area contributed by atoms with Crippen molar-refractivity contribution in [3.63, 3.8) is 0 Å². The summed E-state index contributed by atoms with van der Waals surface area (Å²) in [4.78, 5) is 2.15. The van der Waals surface area contributed by atoms with Crippen LogP contribution in [0.3, 0.4) is 0 Å². The zero-order valence-electron chi connectivity index (χ0n) is 13.2. The molecule has 3 nitrogen and oxygen atoms in total. The average molecular weight is 315 g/mol. The number of rotatable bonds is 3. The molecule has 0 spiro atoms. The van der Waals surface area contributed by atoms with Crippen molar-refractivity contribution in [1.29, 1.82) is 0 Å². The van der Waals surface area contributed by atoms with Crippen LogP contribution in [0.2, 0.25) is 0 Å². The van der Waals surface area contributed by atoms with Crippen LogP contribution in [0, 0.1) is 12.7 Å². The second kappa shape index (κ2) is 6.69. The van der Waals surface area contributed by atoms with E-state index >= 15 is 0 Å². The molecule has 2 aromatic carbocycles. The molecule has 1 heterocycles. The van der Waals surface area contributed by atoms with Crippen LogP contribution in [-0.4, -0.2) is 34.3 Å². The number of β-amino-alcohol motifs (C(OH)–C–C–N with tert-alkyl or cyclic N) is 1. The number of nitrogens with zero attached hydrogens (tertiary/aromatic N) is 1. The smallest absolute Gasteiger partial charge is 0.123 e. The summed E-state index contributed by atoms with van der Waals surface area (Å²) < 4.78 is 13.0. The van der Waals surface area contributed by atoms with Crippen LogP contribution >= 0.6 is 0 Å². The van der Waals surface area contributed by atoms with Gasteiger partial charge in [-0.1, -0.05) is 29.8 Å². The molecule has 0 radical (unpaired) electrons. The molecule has 4 heteroatoms. The van der Waals surface area contributed by atoms with Crippen LogP contribution < -0.4 is 0 Å². The van der Waals surface area contributed by atoms with E-state index in [2.05, 4.69) is 4.90 Å². The standard InChI is InChI=1S/C19H22FNO2/c1-13-2-7-18(22)15(10-13)11-21-9-8-17(19(23)12-21)14-3-5-16(20)6-4-14/h2-7,10,17,19,22-23H,8-9,11-12H2,1H3/t17-,19+/m1/s1. The van der Waals surface area contributed by atoms with Crippen molar-refractivity contribution in [2.75, 3.05) is 13.1 Å². The fraction of sp³-hybridized carbons (Fsp3) is 0.368. The van der Waals surface area contributed by atoms with E-state index < -0.39 is 6.10 Å². The molecule has 2 atom stereocenters. The number of benzene rings is 2. The Kier molecular flexibility index (Phi) is 4.64. The number of hydrogen-bond donors (Lipinski definition) is 2. The number of hydrogen-bond acceptors (Lipinski definition) is 3. The first-order chi connectivity index (χ1) is 11.0. The van der Waals surface area contributed by atoms with Gasteiger partial charge >= 0.3 is 0 Å². The molecule has 2 N–H and O–H groups in total. The molecule has 3 rings (SSSR count). The number of phenols is 1. The van der Waals surface area contributed by atoms with E-state index in [9.17, 15) is 14.6 Å². The summed E-state index contributed by atoms with van der Waals surface area (Å²) in [5.74, 6) is 0.0827. The number of piperidine rings is 1. The second-order valence-corrected chi connectivity index (χ2v) is 6.38. The van der Waals surface area contributed by atoms with Crippen LogP contribution in [0.1, 0.15) is 29.0 Å². The lowest BCUT2D eigenvalue weighted by Gasteiger charge is -2.36. The van der Waals surface area contributed by atoms with Crippen molar-refractivity contribution in [2.45, 2.75) is 31.9 Å². The van der Waals surface area contributed by atoms with Crippen LogP contribution in [0.4, 0.5) is 4.39 Å². The quantitative estimate of drug-likeness (QED) is 0.914. The number of aliphatic hydroxyl groups is 1. The van der Waals surface area contributed by atoms with Crippen LogP contribution in [-0.2, 0) is 6.54 Å². The number of aromatic hydroxyl groups is 1. The highest BCUT2D eigenvalue weighted by Gasteiger charge is 2.29. The molecule has 122 valence electrons. The normalized spacial score (nSPS) is 22.2. The fourth-order valence-corrected chi connectivity index (χ4v) is 3.32. The minimum Gasteiger partial charge on any atom is -0.508 e. The number of likely N-dealkylation sites (tertiary alicyclic amines) is 1. The van der Waals surface area contributed by atoms with Gasteiger partial charge < -0.3 is 10.2 Å². The summed E-state index contributed by atoms with van der Waals surface area (Å²) >= 11 is 0. The zero-order chi connectivity index (χ0) is 16.4. The summed E-state index contributed by atoms with van der Waals surface area (Å²) in [7, 11) is 0. The predicted molar refractivity (Wildman–Crippen MR) is 87.9 cm³/mol. The largest absolute Gasteiger partial charge is 0.508 e. The minimum atomic E-state index is -0.485. The predicted octanol–water partition coefficient (Wildman–Crippen LogP) is 3.19. The molecule has 0 amide bonds. The van der Waals surface area contributed by atoms with Crippen LogP contribution in [0.5, 0.6) is 5.75 Å². The van der Waals surface area contributed by atoms with Gasteiger partial charge in [-0.15, -0.1) is 0 Å². The zero-order valence-corrected chi connectivity index (χ0v) is 13.2. The Morgan fingerprint density at radius 1 is 1.17 bits per heavy atom. The molecule has 2 aromatic rings. The van der Waals surface area contributed by atoms with Crippen molar-refractivity contribution in [3.8, 4) is 5.75 Å². The summed E-state index contributed by atoms with van der Waals surface area (Å²) in [5, 5.41) is 20.4. The van der Waals surface area contributed by atoms with Gasteiger partial charge in [-0.05, 0) is 43.7 Å². The third-order valence-corrected chi connectivity index (χ3v) is 4.59. The fourth-order valence-electron chi connectivity index (χ4n) is 3.32. The lowest BCUT2D eigenvalue weighted by molar-refractivity contribution is 0.0473. The first kappa shape index (κ1) is 16.0. The molecule has 1 aliphatic heterocycles. The van der Waals surface area contributed by atoms with E-state index in [1.54, 1.807) is 18.2 Å². The van der Waals surface area contributed by atoms with Gasteiger partial charge in [-0.25, -0.2) is 4.39 Å². The molecule has 0 aromatic heterocycles. The third kappa shape index (κ3) is 3.71. The number of phenolic OH excluding ortho intramolecular Hbond substituents is 1. The van der Waals surface area contributed by atoms with E-state index in [1.165, 1.54) is 12.1 Å². The van der Waals surface area contributed by atoms with Crippen molar-refractivity contribution in [3.05, 3.63) is 65.0 Å². The molecule has 1 saturated heterocycles. The maximum Gasteiger partial charge on any atom is 0.123 e. The Labute approximate surface area is 136 Å². The van der Waals surface area contributed by atoms with E-state index in [0.717, 1.165) is 29.7 Å². The Bertz CT molecular complexity index is 672. The molecular weight excluding hydrogens is 293 g/mol. The molecule has 0 aliphatic carbocycles. The molecule has 1 aliphatic rings. The Morgan fingerprint density at radius 2 is 1.91 bits per heavy atom. The van der Waals surface area contributed by atoms with E-state index in [0.29, 0.717) is 18.8 Å². The highest BCUT2D eigenvalue weighted by molar-refractivity contribution is 5.35. The lowest BCUT2D eigenvalue weighted by Crippen LogP contribution is -2.42.